The van der Waals surface area contributed by atoms with Gasteiger partial charge in [-0.3, -0.25) is 10.1 Å². The van der Waals surface area contributed by atoms with E-state index in [-0.39, 0.29) is 18.3 Å². The van der Waals surface area contributed by atoms with Gasteiger partial charge in [0, 0.05) is 30.2 Å². The number of nitrogens with two attached hydrogens (primary N) is 1. The first-order chi connectivity index (χ1) is 7.38. The Labute approximate surface area is 94.0 Å². The number of benzene rings is 1. The van der Waals surface area contributed by atoms with Crippen LogP contribution in [0.25, 0.3) is 0 Å². The van der Waals surface area contributed by atoms with Gasteiger partial charge in [0.1, 0.15) is 0 Å². The van der Waals surface area contributed by atoms with Crippen molar-refractivity contribution in [3.8, 4) is 0 Å². The van der Waals surface area contributed by atoms with Crippen LogP contribution in [-0.4, -0.2) is 16.6 Å². The lowest BCUT2D eigenvalue weighted by molar-refractivity contribution is -0.384. The standard InChI is InChI=1S/C11H16N2O3/c1-11(2,7-14)10(12)8-3-5-9(6-4-8)13(15)16/h3-6,10,14H,7,12H2,1-2H3/t10-/m0/s1. The third kappa shape index (κ3) is 2.56. The first-order valence-electron chi connectivity index (χ1n) is 4.99. The first-order valence-corrected chi connectivity index (χ1v) is 4.99. The fourth-order valence-corrected chi connectivity index (χ4v) is 1.35. The summed E-state index contributed by atoms with van der Waals surface area (Å²) in [6.45, 7) is 3.66. The number of aliphatic hydroxyl groups excluding tert-OH is 1. The second kappa shape index (κ2) is 4.59. The number of hydrogen-bond acceptors (Lipinski definition) is 4. The maximum atomic E-state index is 10.5. The Hall–Kier alpha value is -1.46. The summed E-state index contributed by atoms with van der Waals surface area (Å²) in [6, 6.07) is 5.74. The van der Waals surface area contributed by atoms with Gasteiger partial charge in [-0.15, -0.1) is 0 Å². The minimum atomic E-state index is -0.452. The number of non-ortho nitro benzene ring substituents is 1. The van der Waals surface area contributed by atoms with Gasteiger partial charge in [-0.25, -0.2) is 0 Å². The Bertz CT molecular complexity index is 373. The highest BCUT2D eigenvalue weighted by atomic mass is 16.6. The van der Waals surface area contributed by atoms with Crippen LogP contribution in [0.1, 0.15) is 25.5 Å². The van der Waals surface area contributed by atoms with E-state index < -0.39 is 10.3 Å². The second-order valence-corrected chi connectivity index (χ2v) is 4.47. The predicted molar refractivity (Wildman–Crippen MR) is 60.9 cm³/mol. The Morgan fingerprint density at radius 3 is 2.31 bits per heavy atom. The molecular formula is C11H16N2O3. The quantitative estimate of drug-likeness (QED) is 0.600. The van der Waals surface area contributed by atoms with Crippen molar-refractivity contribution in [2.24, 2.45) is 11.1 Å². The van der Waals surface area contributed by atoms with Gasteiger partial charge in [0.05, 0.1) is 4.92 Å². The van der Waals surface area contributed by atoms with Crippen LogP contribution < -0.4 is 5.73 Å². The van der Waals surface area contributed by atoms with E-state index in [0.29, 0.717) is 0 Å². The monoisotopic (exact) mass is 224 g/mol. The van der Waals surface area contributed by atoms with Gasteiger partial charge < -0.3 is 10.8 Å². The number of nitro benzene ring substituents is 1. The summed E-state index contributed by atoms with van der Waals surface area (Å²) in [7, 11) is 0. The normalized spacial score (nSPS) is 13.5. The molecule has 0 amide bonds. The van der Waals surface area contributed by atoms with Crippen LogP contribution in [-0.2, 0) is 0 Å². The molecule has 5 heteroatoms. The third-order valence-corrected chi connectivity index (χ3v) is 2.71. The Kier molecular flexibility index (Phi) is 3.62. The summed E-state index contributed by atoms with van der Waals surface area (Å²) < 4.78 is 0. The lowest BCUT2D eigenvalue weighted by atomic mass is 9.82. The van der Waals surface area contributed by atoms with Gasteiger partial charge in [-0.1, -0.05) is 26.0 Å². The summed E-state index contributed by atoms with van der Waals surface area (Å²) >= 11 is 0. The highest BCUT2D eigenvalue weighted by Gasteiger charge is 2.27. The topological polar surface area (TPSA) is 89.4 Å². The van der Waals surface area contributed by atoms with Crippen molar-refractivity contribution in [3.63, 3.8) is 0 Å². The third-order valence-electron chi connectivity index (χ3n) is 2.71. The largest absolute Gasteiger partial charge is 0.396 e. The van der Waals surface area contributed by atoms with Gasteiger partial charge in [0.2, 0.25) is 0 Å². The van der Waals surface area contributed by atoms with Crippen molar-refractivity contribution in [2.45, 2.75) is 19.9 Å². The molecule has 1 aromatic carbocycles. The number of nitrogens with zero attached hydrogens (tertiary/aromatic N) is 1. The van der Waals surface area contributed by atoms with Crippen LogP contribution >= 0.6 is 0 Å². The molecule has 0 saturated heterocycles. The Morgan fingerprint density at radius 1 is 1.44 bits per heavy atom. The van der Waals surface area contributed by atoms with Crippen molar-refractivity contribution < 1.29 is 10.0 Å². The minimum Gasteiger partial charge on any atom is -0.396 e. The number of hydrogen-bond donors (Lipinski definition) is 2. The maximum Gasteiger partial charge on any atom is 0.269 e. The fourth-order valence-electron chi connectivity index (χ4n) is 1.35. The molecule has 0 aliphatic heterocycles. The average Bonchev–Trinajstić information content (AvgIpc) is 2.28. The van der Waals surface area contributed by atoms with Gasteiger partial charge in [-0.05, 0) is 5.56 Å². The minimum absolute atomic E-state index is 0.0366. The maximum absolute atomic E-state index is 10.5. The van der Waals surface area contributed by atoms with E-state index in [2.05, 4.69) is 0 Å². The number of rotatable bonds is 4. The molecule has 0 aromatic heterocycles. The van der Waals surface area contributed by atoms with Crippen molar-refractivity contribution in [2.75, 3.05) is 6.61 Å². The van der Waals surface area contributed by atoms with Gasteiger partial charge >= 0.3 is 0 Å². The zero-order valence-electron chi connectivity index (χ0n) is 9.38. The Morgan fingerprint density at radius 2 is 1.94 bits per heavy atom. The summed E-state index contributed by atoms with van der Waals surface area (Å²) in [4.78, 5) is 10.0. The molecule has 0 radical (unpaired) electrons. The van der Waals surface area contributed by atoms with Crippen molar-refractivity contribution >= 4 is 5.69 Å². The average molecular weight is 224 g/mol. The Balaban J connectivity index is 2.94. The van der Waals surface area contributed by atoms with Gasteiger partial charge in [-0.2, -0.15) is 0 Å². The molecule has 0 aliphatic carbocycles. The van der Waals surface area contributed by atoms with Crippen LogP contribution in [0.2, 0.25) is 0 Å². The van der Waals surface area contributed by atoms with Crippen molar-refractivity contribution in [3.05, 3.63) is 39.9 Å². The summed E-state index contributed by atoms with van der Waals surface area (Å²) in [5.74, 6) is 0. The molecule has 0 bridgehead atoms. The van der Waals surface area contributed by atoms with E-state index in [9.17, 15) is 15.2 Å². The van der Waals surface area contributed by atoms with Crippen molar-refractivity contribution in [1.82, 2.24) is 0 Å². The molecule has 5 nitrogen and oxygen atoms in total. The summed E-state index contributed by atoms with van der Waals surface area (Å²) in [6.07, 6.45) is 0. The molecule has 1 rings (SSSR count). The first kappa shape index (κ1) is 12.6. The van der Waals surface area contributed by atoms with Gasteiger partial charge in [0.15, 0.2) is 0 Å². The lowest BCUT2D eigenvalue weighted by Crippen LogP contribution is -2.32. The van der Waals surface area contributed by atoms with E-state index in [4.69, 9.17) is 5.73 Å². The van der Waals surface area contributed by atoms with Crippen LogP contribution in [0.3, 0.4) is 0 Å². The summed E-state index contributed by atoms with van der Waals surface area (Å²) in [5, 5.41) is 19.6. The molecule has 0 saturated carbocycles. The molecule has 0 fully saturated rings. The molecule has 0 spiro atoms. The zero-order chi connectivity index (χ0) is 12.3. The SMILES string of the molecule is CC(C)(CO)[C@@H](N)c1ccc([N+](=O)[O-])cc1. The zero-order valence-corrected chi connectivity index (χ0v) is 9.38. The van der Waals surface area contributed by atoms with E-state index in [1.807, 2.05) is 13.8 Å². The van der Waals surface area contributed by atoms with Crippen LogP contribution in [0.15, 0.2) is 24.3 Å². The molecule has 1 aromatic rings. The van der Waals surface area contributed by atoms with E-state index >= 15 is 0 Å². The van der Waals surface area contributed by atoms with Crippen LogP contribution in [0.4, 0.5) is 5.69 Å². The highest BCUT2D eigenvalue weighted by Crippen LogP contribution is 2.31. The van der Waals surface area contributed by atoms with Crippen molar-refractivity contribution in [1.29, 1.82) is 0 Å². The fraction of sp³-hybridized carbons (Fsp3) is 0.455. The molecular weight excluding hydrogens is 208 g/mol. The summed E-state index contributed by atoms with van der Waals surface area (Å²) in [5.41, 5.74) is 6.35. The molecule has 1 atom stereocenters. The smallest absolute Gasteiger partial charge is 0.269 e. The predicted octanol–water partition coefficient (Wildman–Crippen LogP) is 1.61. The van der Waals surface area contributed by atoms with E-state index in [1.54, 1.807) is 12.1 Å². The van der Waals surface area contributed by atoms with Crippen LogP contribution in [0.5, 0.6) is 0 Å². The van der Waals surface area contributed by atoms with Gasteiger partial charge in [0.25, 0.3) is 5.69 Å². The van der Waals surface area contributed by atoms with E-state index in [0.717, 1.165) is 5.56 Å². The molecule has 0 unspecified atom stereocenters. The molecule has 0 heterocycles. The lowest BCUT2D eigenvalue weighted by Gasteiger charge is -2.29. The molecule has 88 valence electrons. The number of nitro groups is 1. The molecule has 0 aliphatic rings. The van der Waals surface area contributed by atoms with Crippen LogP contribution in [0, 0.1) is 15.5 Å². The van der Waals surface area contributed by atoms with E-state index in [1.165, 1.54) is 12.1 Å². The molecule has 3 N–H and O–H groups in total. The second-order valence-electron chi connectivity index (χ2n) is 4.47. The highest BCUT2D eigenvalue weighted by molar-refractivity contribution is 5.34. The number of aliphatic hydroxyl groups is 1. The molecule has 16 heavy (non-hydrogen) atoms.